The molecule has 0 aliphatic heterocycles. The molecule has 3 N–H and O–H groups in total. The van der Waals surface area contributed by atoms with E-state index >= 15 is 0 Å². The normalized spacial score (nSPS) is 23.1. The molecule has 2 atom stereocenters. The van der Waals surface area contributed by atoms with Gasteiger partial charge in [-0.25, -0.2) is 4.39 Å². The first-order valence-electron chi connectivity index (χ1n) is 6.89. The van der Waals surface area contributed by atoms with Gasteiger partial charge in [0, 0.05) is 12.2 Å². The molecule has 2 unspecified atom stereocenters. The lowest BCUT2D eigenvalue weighted by atomic mass is 9.82. The molecule has 0 aromatic heterocycles. The van der Waals surface area contributed by atoms with Crippen LogP contribution in [0.15, 0.2) is 18.2 Å². The molecule has 0 saturated heterocycles. The van der Waals surface area contributed by atoms with Crippen LogP contribution in [0.1, 0.15) is 43.0 Å². The van der Waals surface area contributed by atoms with Gasteiger partial charge in [0.25, 0.3) is 5.91 Å². The van der Waals surface area contributed by atoms with Gasteiger partial charge in [-0.1, -0.05) is 19.8 Å². The van der Waals surface area contributed by atoms with Crippen LogP contribution in [0.25, 0.3) is 0 Å². The van der Waals surface area contributed by atoms with Gasteiger partial charge in [0.15, 0.2) is 0 Å². The molecule has 3 nitrogen and oxygen atoms in total. The van der Waals surface area contributed by atoms with Gasteiger partial charge in [0.2, 0.25) is 0 Å². The molecular weight excluding hydrogens is 243 g/mol. The highest BCUT2D eigenvalue weighted by molar-refractivity contribution is 5.99. The number of halogens is 1. The Labute approximate surface area is 113 Å². The van der Waals surface area contributed by atoms with Gasteiger partial charge in [0.1, 0.15) is 5.82 Å². The first-order chi connectivity index (χ1) is 9.06. The van der Waals surface area contributed by atoms with Crippen LogP contribution in [0.4, 0.5) is 10.1 Å². The number of carbonyl (C=O) groups is 1. The van der Waals surface area contributed by atoms with E-state index in [2.05, 4.69) is 12.2 Å². The zero-order chi connectivity index (χ0) is 13.8. The molecule has 1 fully saturated rings. The van der Waals surface area contributed by atoms with Crippen LogP contribution in [-0.2, 0) is 0 Å². The average Bonchev–Trinajstić information content (AvgIpc) is 2.36. The second-order valence-electron chi connectivity index (χ2n) is 5.58. The zero-order valence-corrected chi connectivity index (χ0v) is 11.3. The van der Waals surface area contributed by atoms with E-state index in [1.54, 1.807) is 0 Å². The first kappa shape index (κ1) is 13.8. The fraction of sp³-hybridized carbons (Fsp3) is 0.533. The predicted octanol–water partition coefficient (Wildman–Crippen LogP) is 2.96. The Morgan fingerprint density at radius 1 is 1.47 bits per heavy atom. The molecule has 0 radical (unpaired) electrons. The van der Waals surface area contributed by atoms with Gasteiger partial charge in [-0.05, 0) is 42.9 Å². The SMILES string of the molecule is CC1CCCC(CNC(=O)c2ccc(F)cc2N)C1. The number of hydrogen-bond donors (Lipinski definition) is 2. The van der Waals surface area contributed by atoms with Crippen molar-refractivity contribution in [2.24, 2.45) is 11.8 Å². The van der Waals surface area contributed by atoms with Gasteiger partial charge in [-0.15, -0.1) is 0 Å². The summed E-state index contributed by atoms with van der Waals surface area (Å²) in [5.74, 6) is 0.659. The molecule has 2 rings (SSSR count). The van der Waals surface area contributed by atoms with Crippen LogP contribution in [0.2, 0.25) is 0 Å². The highest BCUT2D eigenvalue weighted by atomic mass is 19.1. The summed E-state index contributed by atoms with van der Waals surface area (Å²) in [4.78, 5) is 12.0. The van der Waals surface area contributed by atoms with Gasteiger partial charge in [-0.3, -0.25) is 4.79 Å². The molecule has 1 aliphatic carbocycles. The van der Waals surface area contributed by atoms with E-state index in [-0.39, 0.29) is 11.6 Å². The second-order valence-corrected chi connectivity index (χ2v) is 5.58. The van der Waals surface area contributed by atoms with Crippen LogP contribution in [0.3, 0.4) is 0 Å². The number of nitrogen functional groups attached to an aromatic ring is 1. The topological polar surface area (TPSA) is 55.1 Å². The quantitative estimate of drug-likeness (QED) is 0.825. The summed E-state index contributed by atoms with van der Waals surface area (Å²) < 4.78 is 12.9. The van der Waals surface area contributed by atoms with E-state index in [9.17, 15) is 9.18 Å². The molecule has 0 bridgehead atoms. The maximum Gasteiger partial charge on any atom is 0.253 e. The van der Waals surface area contributed by atoms with Gasteiger partial charge in [-0.2, -0.15) is 0 Å². The minimum atomic E-state index is -0.421. The van der Waals surface area contributed by atoms with Gasteiger partial charge in [0.05, 0.1) is 5.56 Å². The molecule has 4 heteroatoms. The maximum absolute atomic E-state index is 12.9. The molecule has 104 valence electrons. The maximum atomic E-state index is 12.9. The number of anilines is 1. The standard InChI is InChI=1S/C15H21FN2O/c1-10-3-2-4-11(7-10)9-18-15(19)13-6-5-12(16)8-14(13)17/h5-6,8,10-11H,2-4,7,9,17H2,1H3,(H,18,19). The Kier molecular flexibility index (Phi) is 4.40. The van der Waals surface area contributed by atoms with Crippen molar-refractivity contribution in [2.45, 2.75) is 32.6 Å². The Balaban J connectivity index is 1.90. The van der Waals surface area contributed by atoms with Crippen molar-refractivity contribution in [3.05, 3.63) is 29.6 Å². The Hall–Kier alpha value is -1.58. The summed E-state index contributed by atoms with van der Waals surface area (Å²) >= 11 is 0. The minimum absolute atomic E-state index is 0.189. The Bertz CT molecular complexity index is 461. The smallest absolute Gasteiger partial charge is 0.253 e. The number of benzene rings is 1. The summed E-state index contributed by atoms with van der Waals surface area (Å²) in [6, 6.07) is 3.87. The minimum Gasteiger partial charge on any atom is -0.398 e. The molecule has 1 amide bonds. The van der Waals surface area contributed by atoms with Crippen LogP contribution < -0.4 is 11.1 Å². The number of carbonyl (C=O) groups excluding carboxylic acids is 1. The van der Waals surface area contributed by atoms with Crippen molar-refractivity contribution in [1.82, 2.24) is 5.32 Å². The second kappa shape index (κ2) is 6.04. The number of nitrogens with two attached hydrogens (primary N) is 1. The van der Waals surface area contributed by atoms with E-state index in [1.165, 1.54) is 43.9 Å². The summed E-state index contributed by atoms with van der Waals surface area (Å²) in [5.41, 5.74) is 6.19. The first-order valence-corrected chi connectivity index (χ1v) is 6.89. The van der Waals surface area contributed by atoms with Crippen molar-refractivity contribution < 1.29 is 9.18 Å². The molecule has 1 aromatic carbocycles. The van der Waals surface area contributed by atoms with E-state index in [0.29, 0.717) is 18.0 Å². The summed E-state index contributed by atoms with van der Waals surface area (Å²) in [6.45, 7) is 2.94. The van der Waals surface area contributed by atoms with E-state index < -0.39 is 5.82 Å². The van der Waals surface area contributed by atoms with Gasteiger partial charge < -0.3 is 11.1 Å². The lowest BCUT2D eigenvalue weighted by Gasteiger charge is -2.26. The monoisotopic (exact) mass is 264 g/mol. The molecule has 1 aliphatic rings. The number of hydrogen-bond acceptors (Lipinski definition) is 2. The highest BCUT2D eigenvalue weighted by Crippen LogP contribution is 2.28. The van der Waals surface area contributed by atoms with Crippen LogP contribution in [0, 0.1) is 17.7 Å². The molecule has 1 aromatic rings. The van der Waals surface area contributed by atoms with Crippen molar-refractivity contribution in [3.8, 4) is 0 Å². The van der Waals surface area contributed by atoms with Crippen LogP contribution in [0.5, 0.6) is 0 Å². The van der Waals surface area contributed by atoms with E-state index in [0.717, 1.165) is 5.92 Å². The molecular formula is C15H21FN2O. The zero-order valence-electron chi connectivity index (χ0n) is 11.3. The van der Waals surface area contributed by atoms with Gasteiger partial charge >= 0.3 is 0 Å². The number of rotatable bonds is 3. The lowest BCUT2D eigenvalue weighted by molar-refractivity contribution is 0.0941. The van der Waals surface area contributed by atoms with E-state index in [1.807, 2.05) is 0 Å². The Morgan fingerprint density at radius 2 is 2.26 bits per heavy atom. The molecule has 0 spiro atoms. The lowest BCUT2D eigenvalue weighted by Crippen LogP contribution is -2.31. The fourth-order valence-corrected chi connectivity index (χ4v) is 2.82. The predicted molar refractivity (Wildman–Crippen MR) is 74.3 cm³/mol. The third-order valence-corrected chi connectivity index (χ3v) is 3.85. The average molecular weight is 264 g/mol. The third-order valence-electron chi connectivity index (χ3n) is 3.85. The summed E-state index contributed by atoms with van der Waals surface area (Å²) in [6.07, 6.45) is 4.86. The Morgan fingerprint density at radius 3 is 2.95 bits per heavy atom. The summed E-state index contributed by atoms with van der Waals surface area (Å²) in [7, 11) is 0. The van der Waals surface area contributed by atoms with Crippen molar-refractivity contribution in [1.29, 1.82) is 0 Å². The molecule has 0 heterocycles. The number of nitrogens with one attached hydrogen (secondary N) is 1. The van der Waals surface area contributed by atoms with Crippen LogP contribution >= 0.6 is 0 Å². The van der Waals surface area contributed by atoms with Crippen LogP contribution in [-0.4, -0.2) is 12.5 Å². The highest BCUT2D eigenvalue weighted by Gasteiger charge is 2.20. The third kappa shape index (κ3) is 3.69. The summed E-state index contributed by atoms with van der Waals surface area (Å²) in [5, 5.41) is 2.91. The van der Waals surface area contributed by atoms with Crippen molar-refractivity contribution >= 4 is 11.6 Å². The molecule has 1 saturated carbocycles. The van der Waals surface area contributed by atoms with Crippen molar-refractivity contribution in [2.75, 3.05) is 12.3 Å². The van der Waals surface area contributed by atoms with E-state index in [4.69, 9.17) is 5.73 Å². The number of amides is 1. The largest absolute Gasteiger partial charge is 0.398 e. The van der Waals surface area contributed by atoms with Crippen molar-refractivity contribution in [3.63, 3.8) is 0 Å². The molecule has 19 heavy (non-hydrogen) atoms. The fourth-order valence-electron chi connectivity index (χ4n) is 2.82.